The molecule has 1 aliphatic heterocycles. The van der Waals surface area contributed by atoms with Gasteiger partial charge in [0.25, 0.3) is 17.7 Å². The molecule has 1 N–H and O–H groups in total. The predicted molar refractivity (Wildman–Crippen MR) is 126 cm³/mol. The number of hydrogen-bond acceptors (Lipinski definition) is 7. The average Bonchev–Trinajstić information content (AvgIpc) is 3.33. The zero-order chi connectivity index (χ0) is 24.2. The second kappa shape index (κ2) is 9.88. The third-order valence-electron chi connectivity index (χ3n) is 5.11. The van der Waals surface area contributed by atoms with E-state index in [9.17, 15) is 19.2 Å². The van der Waals surface area contributed by atoms with Crippen LogP contribution >= 0.6 is 11.3 Å². The SMILES string of the molecule is CCOC(=O)c1cc(CN2C(=O)c3ccccc3C2=O)sc1NC(=O)COc1ccc(C)cc1. The van der Waals surface area contributed by atoms with Gasteiger partial charge in [0.2, 0.25) is 0 Å². The Kier molecular flexibility index (Phi) is 6.74. The minimum atomic E-state index is -0.609. The van der Waals surface area contributed by atoms with E-state index in [4.69, 9.17) is 9.47 Å². The van der Waals surface area contributed by atoms with E-state index in [0.717, 1.165) is 21.8 Å². The van der Waals surface area contributed by atoms with Gasteiger partial charge in [-0.2, -0.15) is 0 Å². The molecule has 0 radical (unpaired) electrons. The van der Waals surface area contributed by atoms with Crippen LogP contribution in [0.3, 0.4) is 0 Å². The molecule has 1 aromatic heterocycles. The first-order valence-corrected chi connectivity index (χ1v) is 11.4. The Labute approximate surface area is 200 Å². The number of esters is 1. The molecule has 0 aliphatic carbocycles. The molecule has 3 amide bonds. The number of rotatable bonds is 8. The van der Waals surface area contributed by atoms with Crippen LogP contribution in [0.15, 0.2) is 54.6 Å². The van der Waals surface area contributed by atoms with E-state index in [1.807, 2.05) is 19.1 Å². The first kappa shape index (κ1) is 23.2. The molecule has 0 saturated carbocycles. The Morgan fingerprint density at radius 1 is 1.00 bits per heavy atom. The van der Waals surface area contributed by atoms with Crippen molar-refractivity contribution >= 4 is 40.0 Å². The molecular formula is C25H22N2O6S. The molecule has 8 nitrogen and oxygen atoms in total. The van der Waals surface area contributed by atoms with Crippen LogP contribution < -0.4 is 10.1 Å². The van der Waals surface area contributed by atoms with Crippen LogP contribution in [-0.2, 0) is 16.1 Å². The van der Waals surface area contributed by atoms with Crippen molar-refractivity contribution < 1.29 is 28.7 Å². The molecule has 0 saturated heterocycles. The van der Waals surface area contributed by atoms with E-state index >= 15 is 0 Å². The van der Waals surface area contributed by atoms with E-state index in [-0.39, 0.29) is 30.3 Å². The fourth-order valence-electron chi connectivity index (χ4n) is 3.46. The lowest BCUT2D eigenvalue weighted by molar-refractivity contribution is -0.118. The Morgan fingerprint density at radius 3 is 2.26 bits per heavy atom. The van der Waals surface area contributed by atoms with Crippen molar-refractivity contribution in [1.82, 2.24) is 4.90 Å². The number of carbonyl (C=O) groups is 4. The van der Waals surface area contributed by atoms with E-state index in [1.54, 1.807) is 43.3 Å². The molecule has 0 spiro atoms. The van der Waals surface area contributed by atoms with Crippen LogP contribution in [0, 0.1) is 6.92 Å². The van der Waals surface area contributed by atoms with Gasteiger partial charge in [-0.25, -0.2) is 4.79 Å². The summed E-state index contributed by atoms with van der Waals surface area (Å²) in [7, 11) is 0. The largest absolute Gasteiger partial charge is 0.484 e. The van der Waals surface area contributed by atoms with Crippen molar-refractivity contribution in [2.24, 2.45) is 0 Å². The summed E-state index contributed by atoms with van der Waals surface area (Å²) in [5.74, 6) is -1.32. The number of fused-ring (bicyclic) bond motifs is 1. The minimum absolute atomic E-state index is 0.0286. The van der Waals surface area contributed by atoms with Crippen LogP contribution in [-0.4, -0.2) is 41.8 Å². The lowest BCUT2D eigenvalue weighted by Crippen LogP contribution is -2.28. The molecule has 0 atom stereocenters. The van der Waals surface area contributed by atoms with Gasteiger partial charge in [0.15, 0.2) is 6.61 Å². The topological polar surface area (TPSA) is 102 Å². The number of thiophene rings is 1. The number of hydrogen-bond donors (Lipinski definition) is 1. The number of nitrogens with zero attached hydrogens (tertiary/aromatic N) is 1. The highest BCUT2D eigenvalue weighted by Gasteiger charge is 2.35. The highest BCUT2D eigenvalue weighted by Crippen LogP contribution is 2.32. The molecule has 1 aliphatic rings. The lowest BCUT2D eigenvalue weighted by Gasteiger charge is -2.12. The number of amides is 3. The Hall–Kier alpha value is -3.98. The van der Waals surface area contributed by atoms with Gasteiger partial charge in [0, 0.05) is 4.88 Å². The van der Waals surface area contributed by atoms with Gasteiger partial charge in [-0.3, -0.25) is 19.3 Å². The number of imide groups is 1. The van der Waals surface area contributed by atoms with Gasteiger partial charge in [-0.15, -0.1) is 11.3 Å². The summed E-state index contributed by atoms with van der Waals surface area (Å²) in [6.45, 7) is 3.50. The fraction of sp³-hybridized carbons (Fsp3) is 0.200. The molecular weight excluding hydrogens is 456 g/mol. The normalized spacial score (nSPS) is 12.5. The van der Waals surface area contributed by atoms with Gasteiger partial charge in [0.05, 0.1) is 29.8 Å². The molecule has 0 unspecified atom stereocenters. The van der Waals surface area contributed by atoms with Crippen molar-refractivity contribution in [2.45, 2.75) is 20.4 Å². The Bertz CT molecular complexity index is 1230. The summed E-state index contributed by atoms with van der Waals surface area (Å²) >= 11 is 1.10. The molecule has 174 valence electrons. The minimum Gasteiger partial charge on any atom is -0.484 e. The number of aryl methyl sites for hydroxylation is 1. The molecule has 2 aromatic carbocycles. The molecule has 9 heteroatoms. The van der Waals surface area contributed by atoms with Crippen molar-refractivity contribution in [3.63, 3.8) is 0 Å². The first-order valence-electron chi connectivity index (χ1n) is 10.6. The maximum atomic E-state index is 12.7. The summed E-state index contributed by atoms with van der Waals surface area (Å²) in [5.41, 5.74) is 1.91. The number of anilines is 1. The smallest absolute Gasteiger partial charge is 0.341 e. The molecule has 2 heterocycles. The van der Waals surface area contributed by atoms with E-state index < -0.39 is 23.7 Å². The van der Waals surface area contributed by atoms with Gasteiger partial charge in [0.1, 0.15) is 10.8 Å². The summed E-state index contributed by atoms with van der Waals surface area (Å²) < 4.78 is 10.6. The highest BCUT2D eigenvalue weighted by molar-refractivity contribution is 7.16. The van der Waals surface area contributed by atoms with Crippen LogP contribution in [0.2, 0.25) is 0 Å². The van der Waals surface area contributed by atoms with Gasteiger partial charge in [-0.1, -0.05) is 29.8 Å². The Balaban J connectivity index is 1.50. The van der Waals surface area contributed by atoms with E-state index in [0.29, 0.717) is 21.8 Å². The van der Waals surface area contributed by atoms with Crippen molar-refractivity contribution in [3.8, 4) is 5.75 Å². The quantitative estimate of drug-likeness (QED) is 0.387. The molecule has 0 bridgehead atoms. The highest BCUT2D eigenvalue weighted by atomic mass is 32.1. The molecule has 0 fully saturated rings. The zero-order valence-corrected chi connectivity index (χ0v) is 19.4. The van der Waals surface area contributed by atoms with Crippen molar-refractivity contribution in [1.29, 1.82) is 0 Å². The number of benzene rings is 2. The first-order chi connectivity index (χ1) is 16.4. The van der Waals surface area contributed by atoms with Crippen LogP contribution in [0.4, 0.5) is 5.00 Å². The van der Waals surface area contributed by atoms with E-state index in [2.05, 4.69) is 5.32 Å². The molecule has 34 heavy (non-hydrogen) atoms. The standard InChI is InChI=1S/C25H22N2O6S/c1-3-32-25(31)20-12-17(13-27-23(29)18-6-4-5-7-19(18)24(27)30)34-22(20)26-21(28)14-33-16-10-8-15(2)9-11-16/h4-12H,3,13-14H2,1-2H3,(H,26,28). The molecule has 3 aromatic rings. The zero-order valence-electron chi connectivity index (χ0n) is 18.6. The number of nitrogens with one attached hydrogen (secondary N) is 1. The summed E-state index contributed by atoms with van der Waals surface area (Å²) in [6.07, 6.45) is 0. The predicted octanol–water partition coefficient (Wildman–Crippen LogP) is 4.05. The van der Waals surface area contributed by atoms with Crippen molar-refractivity contribution in [2.75, 3.05) is 18.5 Å². The molecule has 4 rings (SSSR count). The third kappa shape index (κ3) is 4.84. The van der Waals surface area contributed by atoms with Gasteiger partial charge in [-0.05, 0) is 44.2 Å². The second-order valence-corrected chi connectivity index (χ2v) is 8.70. The summed E-state index contributed by atoms with van der Waals surface area (Å²) in [5, 5.41) is 2.95. The summed E-state index contributed by atoms with van der Waals surface area (Å²) in [4.78, 5) is 52.0. The Morgan fingerprint density at radius 2 is 1.65 bits per heavy atom. The maximum Gasteiger partial charge on any atom is 0.341 e. The van der Waals surface area contributed by atoms with E-state index in [1.165, 1.54) is 6.07 Å². The fourth-order valence-corrected chi connectivity index (χ4v) is 4.51. The number of ether oxygens (including phenoxy) is 2. The monoisotopic (exact) mass is 478 g/mol. The lowest BCUT2D eigenvalue weighted by atomic mass is 10.1. The van der Waals surface area contributed by atoms with Crippen LogP contribution in [0.5, 0.6) is 5.75 Å². The van der Waals surface area contributed by atoms with Gasteiger partial charge >= 0.3 is 5.97 Å². The van der Waals surface area contributed by atoms with Crippen LogP contribution in [0.25, 0.3) is 0 Å². The maximum absolute atomic E-state index is 12.7. The average molecular weight is 479 g/mol. The van der Waals surface area contributed by atoms with Crippen molar-refractivity contribution in [3.05, 3.63) is 81.7 Å². The van der Waals surface area contributed by atoms with Crippen LogP contribution in [0.1, 0.15) is 48.4 Å². The summed E-state index contributed by atoms with van der Waals surface area (Å²) in [6, 6.07) is 15.4. The number of carbonyl (C=O) groups excluding carboxylic acids is 4. The van der Waals surface area contributed by atoms with Gasteiger partial charge < -0.3 is 14.8 Å². The second-order valence-electron chi connectivity index (χ2n) is 7.57. The third-order valence-corrected chi connectivity index (χ3v) is 6.15.